The number of carbonyl (C=O) groups excluding carboxylic acids is 2. The van der Waals surface area contributed by atoms with Crippen LogP contribution in [-0.4, -0.2) is 65.9 Å². The molecule has 4 rings (SSSR count). The van der Waals surface area contributed by atoms with E-state index < -0.39 is 0 Å². The number of nitrogens with zero attached hydrogens (tertiary/aromatic N) is 3. The van der Waals surface area contributed by atoms with Gasteiger partial charge >= 0.3 is 6.03 Å². The number of likely N-dealkylation sites (tertiary alicyclic amines) is 1. The minimum atomic E-state index is 0.140. The summed E-state index contributed by atoms with van der Waals surface area (Å²) >= 11 is 0. The standard InChI is InChI=1S/C23H27N3O2/c27-22(18-19-8-10-21(11-9-19)20-6-2-1-3-7-20)24-14-16-26(17-15-24)23(28)25-12-4-5-13-25/h1-3,6-11H,4-5,12-18H2. The third kappa shape index (κ3) is 4.19. The van der Waals surface area contributed by atoms with Crippen molar-refractivity contribution >= 4 is 11.9 Å². The molecule has 0 aromatic heterocycles. The Bertz CT molecular complexity index is 806. The van der Waals surface area contributed by atoms with Crippen LogP contribution in [0.5, 0.6) is 0 Å². The van der Waals surface area contributed by atoms with Crippen LogP contribution in [0.3, 0.4) is 0 Å². The normalized spacial score (nSPS) is 17.1. The van der Waals surface area contributed by atoms with E-state index in [1.807, 2.05) is 45.0 Å². The van der Waals surface area contributed by atoms with Gasteiger partial charge in [0.05, 0.1) is 6.42 Å². The molecule has 0 unspecified atom stereocenters. The number of urea groups is 1. The molecule has 28 heavy (non-hydrogen) atoms. The Morgan fingerprint density at radius 2 is 1.18 bits per heavy atom. The van der Waals surface area contributed by atoms with Crippen LogP contribution in [0.1, 0.15) is 18.4 Å². The van der Waals surface area contributed by atoms with Crippen LogP contribution < -0.4 is 0 Å². The fraction of sp³-hybridized carbons (Fsp3) is 0.391. The average molecular weight is 377 g/mol. The summed E-state index contributed by atoms with van der Waals surface area (Å²) < 4.78 is 0. The molecule has 5 heteroatoms. The molecule has 2 aliphatic heterocycles. The van der Waals surface area contributed by atoms with Gasteiger partial charge in [0, 0.05) is 39.3 Å². The molecule has 0 spiro atoms. The van der Waals surface area contributed by atoms with E-state index in [4.69, 9.17) is 0 Å². The lowest BCUT2D eigenvalue weighted by atomic mass is 10.0. The Balaban J connectivity index is 1.29. The van der Waals surface area contributed by atoms with Crippen molar-refractivity contribution in [2.45, 2.75) is 19.3 Å². The van der Waals surface area contributed by atoms with Gasteiger partial charge in [0.25, 0.3) is 0 Å². The molecule has 3 amide bonds. The molecule has 0 N–H and O–H groups in total. The maximum atomic E-state index is 12.7. The summed E-state index contributed by atoms with van der Waals surface area (Å²) in [5.41, 5.74) is 3.37. The SMILES string of the molecule is O=C(Cc1ccc(-c2ccccc2)cc1)N1CCN(C(=O)N2CCCC2)CC1. The lowest BCUT2D eigenvalue weighted by Gasteiger charge is -2.36. The first-order valence-corrected chi connectivity index (χ1v) is 10.2. The zero-order chi connectivity index (χ0) is 19.3. The molecule has 2 aromatic rings. The molecule has 2 aromatic carbocycles. The number of amides is 3. The maximum absolute atomic E-state index is 12.7. The molecule has 0 saturated carbocycles. The summed E-state index contributed by atoms with van der Waals surface area (Å²) in [6, 6.07) is 18.6. The van der Waals surface area contributed by atoms with E-state index in [0.29, 0.717) is 32.6 Å². The second-order valence-corrected chi connectivity index (χ2v) is 7.58. The number of hydrogen-bond donors (Lipinski definition) is 0. The number of piperazine rings is 1. The zero-order valence-electron chi connectivity index (χ0n) is 16.2. The van der Waals surface area contributed by atoms with Crippen molar-refractivity contribution in [3.63, 3.8) is 0 Å². The second-order valence-electron chi connectivity index (χ2n) is 7.58. The van der Waals surface area contributed by atoms with Gasteiger partial charge in [0.15, 0.2) is 0 Å². The van der Waals surface area contributed by atoms with Crippen LogP contribution in [0.25, 0.3) is 11.1 Å². The van der Waals surface area contributed by atoms with Crippen LogP contribution in [-0.2, 0) is 11.2 Å². The first-order valence-electron chi connectivity index (χ1n) is 10.2. The van der Waals surface area contributed by atoms with E-state index in [9.17, 15) is 9.59 Å². The van der Waals surface area contributed by atoms with Crippen LogP contribution in [0, 0.1) is 0 Å². The van der Waals surface area contributed by atoms with Gasteiger partial charge in [-0.3, -0.25) is 4.79 Å². The number of rotatable bonds is 3. The van der Waals surface area contributed by atoms with Crippen LogP contribution in [0.2, 0.25) is 0 Å². The van der Waals surface area contributed by atoms with Gasteiger partial charge in [0.1, 0.15) is 0 Å². The fourth-order valence-electron chi connectivity index (χ4n) is 3.99. The quantitative estimate of drug-likeness (QED) is 0.824. The van der Waals surface area contributed by atoms with Gasteiger partial charge in [-0.1, -0.05) is 54.6 Å². The molecule has 2 heterocycles. The van der Waals surface area contributed by atoms with E-state index in [2.05, 4.69) is 24.3 Å². The lowest BCUT2D eigenvalue weighted by molar-refractivity contribution is -0.131. The summed E-state index contributed by atoms with van der Waals surface area (Å²) in [4.78, 5) is 30.8. The largest absolute Gasteiger partial charge is 0.339 e. The minimum Gasteiger partial charge on any atom is -0.339 e. The second kappa shape index (κ2) is 8.46. The van der Waals surface area contributed by atoms with E-state index in [0.717, 1.165) is 37.1 Å². The van der Waals surface area contributed by atoms with Gasteiger partial charge in [-0.25, -0.2) is 4.79 Å². The van der Waals surface area contributed by atoms with E-state index in [-0.39, 0.29) is 11.9 Å². The molecule has 0 bridgehead atoms. The summed E-state index contributed by atoms with van der Waals surface area (Å²) in [7, 11) is 0. The molecular weight excluding hydrogens is 350 g/mol. The highest BCUT2D eigenvalue weighted by Gasteiger charge is 2.28. The molecular formula is C23H27N3O2. The smallest absolute Gasteiger partial charge is 0.320 e. The lowest BCUT2D eigenvalue weighted by Crippen LogP contribution is -2.53. The highest BCUT2D eigenvalue weighted by Crippen LogP contribution is 2.20. The molecule has 2 fully saturated rings. The van der Waals surface area contributed by atoms with Crippen molar-refractivity contribution in [2.24, 2.45) is 0 Å². The Morgan fingerprint density at radius 1 is 0.643 bits per heavy atom. The van der Waals surface area contributed by atoms with Crippen molar-refractivity contribution < 1.29 is 9.59 Å². The summed E-state index contributed by atoms with van der Waals surface area (Å²) in [6.45, 7) is 4.26. The molecule has 5 nitrogen and oxygen atoms in total. The van der Waals surface area contributed by atoms with Crippen molar-refractivity contribution in [3.05, 3.63) is 60.2 Å². The van der Waals surface area contributed by atoms with E-state index in [1.165, 1.54) is 5.56 Å². The number of carbonyl (C=O) groups is 2. The molecule has 2 saturated heterocycles. The monoisotopic (exact) mass is 377 g/mol. The third-order valence-electron chi connectivity index (χ3n) is 5.70. The molecule has 0 aliphatic carbocycles. The zero-order valence-corrected chi connectivity index (χ0v) is 16.2. The molecule has 0 atom stereocenters. The minimum absolute atomic E-state index is 0.140. The van der Waals surface area contributed by atoms with Gasteiger partial charge in [-0.15, -0.1) is 0 Å². The van der Waals surface area contributed by atoms with Gasteiger partial charge < -0.3 is 14.7 Å². The van der Waals surface area contributed by atoms with Crippen molar-refractivity contribution in [3.8, 4) is 11.1 Å². The van der Waals surface area contributed by atoms with Gasteiger partial charge in [-0.2, -0.15) is 0 Å². The van der Waals surface area contributed by atoms with Crippen LogP contribution in [0.4, 0.5) is 4.79 Å². The van der Waals surface area contributed by atoms with Crippen molar-refractivity contribution in [2.75, 3.05) is 39.3 Å². The first-order chi connectivity index (χ1) is 13.7. The summed E-state index contributed by atoms with van der Waals surface area (Å²) in [6.07, 6.45) is 2.62. The van der Waals surface area contributed by atoms with Crippen LogP contribution in [0.15, 0.2) is 54.6 Å². The Hall–Kier alpha value is -2.82. The van der Waals surface area contributed by atoms with E-state index in [1.54, 1.807) is 0 Å². The third-order valence-corrected chi connectivity index (χ3v) is 5.70. The average Bonchev–Trinajstić information content (AvgIpc) is 3.29. The van der Waals surface area contributed by atoms with E-state index >= 15 is 0 Å². The van der Waals surface area contributed by atoms with Crippen LogP contribution >= 0.6 is 0 Å². The highest BCUT2D eigenvalue weighted by atomic mass is 16.2. The summed E-state index contributed by atoms with van der Waals surface area (Å²) in [5, 5.41) is 0. The Labute approximate surface area is 166 Å². The van der Waals surface area contributed by atoms with Crippen molar-refractivity contribution in [1.29, 1.82) is 0 Å². The number of hydrogen-bond acceptors (Lipinski definition) is 2. The maximum Gasteiger partial charge on any atom is 0.320 e. The van der Waals surface area contributed by atoms with Gasteiger partial charge in [0.2, 0.25) is 5.91 Å². The summed E-state index contributed by atoms with van der Waals surface area (Å²) in [5.74, 6) is 0.140. The van der Waals surface area contributed by atoms with Crippen molar-refractivity contribution in [1.82, 2.24) is 14.7 Å². The number of benzene rings is 2. The topological polar surface area (TPSA) is 43.9 Å². The van der Waals surface area contributed by atoms with Gasteiger partial charge in [-0.05, 0) is 29.5 Å². The predicted octanol–water partition coefficient (Wildman–Crippen LogP) is 3.26. The highest BCUT2D eigenvalue weighted by molar-refractivity contribution is 5.80. The Kier molecular flexibility index (Phi) is 5.60. The molecule has 0 radical (unpaired) electrons. The fourth-order valence-corrected chi connectivity index (χ4v) is 3.99. The Morgan fingerprint density at radius 3 is 1.82 bits per heavy atom. The first kappa shape index (κ1) is 18.5. The molecule has 2 aliphatic rings. The predicted molar refractivity (Wildman–Crippen MR) is 110 cm³/mol. The molecule has 146 valence electrons.